The molecule has 1 atom stereocenters. The van der Waals surface area contributed by atoms with Crippen molar-refractivity contribution in [2.75, 3.05) is 46.8 Å². The van der Waals surface area contributed by atoms with E-state index in [1.54, 1.807) is 0 Å². The minimum Gasteiger partial charge on any atom is -0.308 e. The molecule has 0 amide bonds. The third-order valence-corrected chi connectivity index (χ3v) is 3.70. The van der Waals surface area contributed by atoms with Crippen LogP contribution in [0.25, 0.3) is 0 Å². The lowest BCUT2D eigenvalue weighted by molar-refractivity contribution is 0.213. The first-order valence-electron chi connectivity index (χ1n) is 8.36. The Morgan fingerprint density at radius 1 is 1.14 bits per heavy atom. The number of hydrogen-bond donors (Lipinski definition) is 1. The molecule has 0 aliphatic rings. The molecule has 4 heteroatoms. The Hall–Kier alpha value is -0.630. The molecule has 1 N–H and O–H groups in total. The number of nitrogens with one attached hydrogen (secondary N) is 1. The van der Waals surface area contributed by atoms with E-state index in [9.17, 15) is 5.26 Å². The summed E-state index contributed by atoms with van der Waals surface area (Å²) in [5.41, 5.74) is -0.360. The third-order valence-electron chi connectivity index (χ3n) is 3.70. The van der Waals surface area contributed by atoms with E-state index in [-0.39, 0.29) is 5.54 Å². The average Bonchev–Trinajstić information content (AvgIpc) is 2.40. The zero-order valence-corrected chi connectivity index (χ0v) is 15.1. The minimum absolute atomic E-state index is 0.360. The van der Waals surface area contributed by atoms with Gasteiger partial charge >= 0.3 is 0 Å². The van der Waals surface area contributed by atoms with Gasteiger partial charge in [-0.25, -0.2) is 0 Å². The molecule has 0 aromatic heterocycles. The van der Waals surface area contributed by atoms with Gasteiger partial charge in [-0.2, -0.15) is 5.26 Å². The molecule has 0 saturated carbocycles. The average molecular weight is 297 g/mol. The van der Waals surface area contributed by atoms with Crippen molar-refractivity contribution in [2.45, 2.75) is 52.5 Å². The first kappa shape index (κ1) is 20.4. The Bertz CT molecular complexity index is 296. The molecule has 0 aromatic carbocycles. The summed E-state index contributed by atoms with van der Waals surface area (Å²) in [4.78, 5) is 4.80. The molecule has 0 aromatic rings. The van der Waals surface area contributed by atoms with Crippen molar-refractivity contribution in [3.63, 3.8) is 0 Å². The minimum atomic E-state index is -0.360. The first-order chi connectivity index (χ1) is 9.83. The van der Waals surface area contributed by atoms with Gasteiger partial charge in [-0.15, -0.1) is 0 Å². The summed E-state index contributed by atoms with van der Waals surface area (Å²) in [6.45, 7) is 14.0. The summed E-state index contributed by atoms with van der Waals surface area (Å²) in [7, 11) is 4.25. The van der Waals surface area contributed by atoms with Crippen LogP contribution in [0.1, 0.15) is 47.0 Å². The van der Waals surface area contributed by atoms with E-state index in [1.807, 2.05) is 6.92 Å². The van der Waals surface area contributed by atoms with Crippen molar-refractivity contribution >= 4 is 0 Å². The Morgan fingerprint density at radius 3 is 2.29 bits per heavy atom. The predicted molar refractivity (Wildman–Crippen MR) is 91.4 cm³/mol. The van der Waals surface area contributed by atoms with Crippen LogP contribution < -0.4 is 5.32 Å². The monoisotopic (exact) mass is 296 g/mol. The van der Waals surface area contributed by atoms with Crippen LogP contribution in [0.3, 0.4) is 0 Å². The van der Waals surface area contributed by atoms with E-state index in [0.29, 0.717) is 5.92 Å². The van der Waals surface area contributed by atoms with E-state index in [2.05, 4.69) is 56.1 Å². The van der Waals surface area contributed by atoms with Crippen molar-refractivity contribution in [1.29, 1.82) is 5.26 Å². The van der Waals surface area contributed by atoms with E-state index in [1.165, 1.54) is 6.42 Å². The Kier molecular flexibility index (Phi) is 10.7. The van der Waals surface area contributed by atoms with Crippen molar-refractivity contribution in [2.24, 2.45) is 5.92 Å². The first-order valence-corrected chi connectivity index (χ1v) is 8.36. The molecular formula is C17H36N4. The Balaban J connectivity index is 4.09. The van der Waals surface area contributed by atoms with Crippen LogP contribution in [0, 0.1) is 17.2 Å². The SMILES string of the molecule is CCNC(C)(C#N)CCCCN(CCN(C)C)CC(C)C. The molecule has 0 fully saturated rings. The summed E-state index contributed by atoms with van der Waals surface area (Å²) in [6, 6.07) is 2.41. The largest absolute Gasteiger partial charge is 0.308 e. The lowest BCUT2D eigenvalue weighted by atomic mass is 9.96. The maximum absolute atomic E-state index is 9.26. The molecule has 0 rings (SSSR count). The zero-order chi connectivity index (χ0) is 16.3. The van der Waals surface area contributed by atoms with Crippen LogP contribution in [0.4, 0.5) is 0 Å². The summed E-state index contributed by atoms with van der Waals surface area (Å²) >= 11 is 0. The smallest absolute Gasteiger partial charge is 0.103 e. The molecule has 0 saturated heterocycles. The molecule has 21 heavy (non-hydrogen) atoms. The lowest BCUT2D eigenvalue weighted by Gasteiger charge is -2.27. The van der Waals surface area contributed by atoms with Gasteiger partial charge in [-0.05, 0) is 59.3 Å². The number of rotatable bonds is 12. The van der Waals surface area contributed by atoms with Gasteiger partial charge in [0.25, 0.3) is 0 Å². The molecule has 0 spiro atoms. The molecule has 0 bridgehead atoms. The molecule has 0 radical (unpaired) electrons. The van der Waals surface area contributed by atoms with Crippen molar-refractivity contribution in [3.05, 3.63) is 0 Å². The van der Waals surface area contributed by atoms with E-state index in [4.69, 9.17) is 0 Å². The Morgan fingerprint density at radius 2 is 1.81 bits per heavy atom. The summed E-state index contributed by atoms with van der Waals surface area (Å²) < 4.78 is 0. The van der Waals surface area contributed by atoms with E-state index in [0.717, 1.165) is 45.6 Å². The highest BCUT2D eigenvalue weighted by atomic mass is 15.2. The molecule has 0 aliphatic carbocycles. The predicted octanol–water partition coefficient (Wildman–Crippen LogP) is 2.57. The highest BCUT2D eigenvalue weighted by Crippen LogP contribution is 2.13. The quantitative estimate of drug-likeness (QED) is 0.562. The third kappa shape index (κ3) is 10.7. The van der Waals surface area contributed by atoms with E-state index >= 15 is 0 Å². The van der Waals surface area contributed by atoms with Crippen LogP contribution in [-0.4, -0.2) is 62.2 Å². The number of nitrogens with zero attached hydrogens (tertiary/aromatic N) is 3. The van der Waals surface area contributed by atoms with Crippen LogP contribution >= 0.6 is 0 Å². The van der Waals surface area contributed by atoms with Crippen LogP contribution in [0.2, 0.25) is 0 Å². The number of unbranched alkanes of at least 4 members (excludes halogenated alkanes) is 1. The summed E-state index contributed by atoms with van der Waals surface area (Å²) in [6.07, 6.45) is 3.21. The fourth-order valence-electron chi connectivity index (χ4n) is 2.54. The topological polar surface area (TPSA) is 42.3 Å². The van der Waals surface area contributed by atoms with Crippen molar-refractivity contribution in [1.82, 2.24) is 15.1 Å². The van der Waals surface area contributed by atoms with Crippen LogP contribution in [-0.2, 0) is 0 Å². The number of hydrogen-bond acceptors (Lipinski definition) is 4. The van der Waals surface area contributed by atoms with Crippen molar-refractivity contribution in [3.8, 4) is 6.07 Å². The number of likely N-dealkylation sites (N-methyl/N-ethyl adjacent to an activating group) is 1. The maximum atomic E-state index is 9.26. The van der Waals surface area contributed by atoms with Crippen molar-refractivity contribution < 1.29 is 0 Å². The van der Waals surface area contributed by atoms with Gasteiger partial charge in [-0.3, -0.25) is 5.32 Å². The second kappa shape index (κ2) is 11.0. The zero-order valence-electron chi connectivity index (χ0n) is 15.1. The summed E-state index contributed by atoms with van der Waals surface area (Å²) in [5, 5.41) is 12.5. The van der Waals surface area contributed by atoms with E-state index < -0.39 is 0 Å². The summed E-state index contributed by atoms with van der Waals surface area (Å²) in [5.74, 6) is 0.707. The highest BCUT2D eigenvalue weighted by Gasteiger charge is 2.21. The highest BCUT2D eigenvalue weighted by molar-refractivity contribution is 5.03. The van der Waals surface area contributed by atoms with Gasteiger partial charge in [0.2, 0.25) is 0 Å². The van der Waals surface area contributed by atoms with Gasteiger partial charge in [0.05, 0.1) is 6.07 Å². The van der Waals surface area contributed by atoms with Gasteiger partial charge in [-0.1, -0.05) is 20.8 Å². The standard InChI is InChI=1S/C17H36N4/c1-7-19-17(4,15-18)10-8-9-11-21(14-16(2)3)13-12-20(5)6/h16,19H,7-14H2,1-6H3. The van der Waals surface area contributed by atoms with Gasteiger partial charge in [0, 0.05) is 19.6 Å². The number of nitriles is 1. The fraction of sp³-hybridized carbons (Fsp3) is 0.941. The Labute approximate surface area is 132 Å². The fourth-order valence-corrected chi connectivity index (χ4v) is 2.54. The second-order valence-corrected chi connectivity index (χ2v) is 6.93. The molecule has 124 valence electrons. The van der Waals surface area contributed by atoms with Gasteiger partial charge in [0.1, 0.15) is 5.54 Å². The molecule has 0 aliphatic heterocycles. The lowest BCUT2D eigenvalue weighted by Crippen LogP contribution is -2.41. The van der Waals surface area contributed by atoms with Gasteiger partial charge in [0.15, 0.2) is 0 Å². The maximum Gasteiger partial charge on any atom is 0.103 e. The normalized spacial score (nSPS) is 14.7. The van der Waals surface area contributed by atoms with Crippen LogP contribution in [0.5, 0.6) is 0 Å². The molecule has 0 heterocycles. The van der Waals surface area contributed by atoms with Gasteiger partial charge < -0.3 is 9.80 Å². The van der Waals surface area contributed by atoms with Crippen LogP contribution in [0.15, 0.2) is 0 Å². The second-order valence-electron chi connectivity index (χ2n) is 6.93. The molecule has 1 unspecified atom stereocenters. The molecular weight excluding hydrogens is 260 g/mol. The molecule has 4 nitrogen and oxygen atoms in total.